The number of amides is 3. The third-order valence-corrected chi connectivity index (χ3v) is 6.47. The molecular weight excluding hydrogens is 382 g/mol. The molecule has 0 bridgehead atoms. The molecule has 2 saturated heterocycles. The summed E-state index contributed by atoms with van der Waals surface area (Å²) in [7, 11) is 1.53. The Bertz CT molecular complexity index is 886. The second kappa shape index (κ2) is 6.54. The molecule has 1 aromatic carbocycles. The van der Waals surface area contributed by atoms with Crippen LogP contribution in [0.2, 0.25) is 5.02 Å². The Hall–Kier alpha value is -1.96. The number of hydrogen-bond donors (Lipinski definition) is 2. The third kappa shape index (κ3) is 2.39. The molecule has 3 amide bonds. The van der Waals surface area contributed by atoms with Gasteiger partial charge in [-0.05, 0) is 30.5 Å². The Labute approximate surface area is 168 Å². The van der Waals surface area contributed by atoms with Crippen molar-refractivity contribution < 1.29 is 19.1 Å². The molecule has 1 spiro atoms. The lowest BCUT2D eigenvalue weighted by Gasteiger charge is -2.30. The van der Waals surface area contributed by atoms with Crippen LogP contribution in [0.5, 0.6) is 0 Å². The Morgan fingerprint density at radius 3 is 2.61 bits per heavy atom. The number of ether oxygens (including phenoxy) is 1. The van der Waals surface area contributed by atoms with Gasteiger partial charge in [0, 0.05) is 29.4 Å². The van der Waals surface area contributed by atoms with Crippen LogP contribution in [0.25, 0.3) is 0 Å². The van der Waals surface area contributed by atoms with Gasteiger partial charge in [0.05, 0.1) is 25.0 Å². The zero-order valence-corrected chi connectivity index (χ0v) is 17.1. The molecule has 4 rings (SSSR count). The topological polar surface area (TPSA) is 87.7 Å². The van der Waals surface area contributed by atoms with Gasteiger partial charge in [0.1, 0.15) is 5.54 Å². The quantitative estimate of drug-likeness (QED) is 0.744. The lowest BCUT2D eigenvalue weighted by molar-refractivity contribution is -0.143. The van der Waals surface area contributed by atoms with E-state index >= 15 is 0 Å². The summed E-state index contributed by atoms with van der Waals surface area (Å²) >= 11 is 6.30. The number of anilines is 1. The van der Waals surface area contributed by atoms with Crippen molar-refractivity contribution in [1.82, 2.24) is 10.2 Å². The van der Waals surface area contributed by atoms with Gasteiger partial charge in [-0.25, -0.2) is 0 Å². The second-order valence-electron chi connectivity index (χ2n) is 8.15. The van der Waals surface area contributed by atoms with Gasteiger partial charge >= 0.3 is 0 Å². The number of halogens is 1. The van der Waals surface area contributed by atoms with Crippen LogP contribution in [0.1, 0.15) is 25.0 Å². The van der Waals surface area contributed by atoms with E-state index in [1.165, 1.54) is 12.0 Å². The number of nitrogens with one attached hydrogen (secondary N) is 2. The van der Waals surface area contributed by atoms with E-state index in [0.29, 0.717) is 16.3 Å². The van der Waals surface area contributed by atoms with Crippen LogP contribution in [-0.2, 0) is 24.7 Å². The van der Waals surface area contributed by atoms with Crippen LogP contribution in [0.4, 0.5) is 5.69 Å². The first kappa shape index (κ1) is 19.4. The highest BCUT2D eigenvalue weighted by Gasteiger charge is 2.70. The van der Waals surface area contributed by atoms with Gasteiger partial charge < -0.3 is 10.1 Å². The third-order valence-electron chi connectivity index (χ3n) is 6.25. The van der Waals surface area contributed by atoms with Gasteiger partial charge in [-0.15, -0.1) is 0 Å². The van der Waals surface area contributed by atoms with E-state index in [-0.39, 0.29) is 42.8 Å². The first-order valence-corrected chi connectivity index (χ1v) is 9.85. The van der Waals surface area contributed by atoms with Crippen molar-refractivity contribution in [2.45, 2.75) is 32.4 Å². The number of benzene rings is 1. The van der Waals surface area contributed by atoms with Crippen LogP contribution < -0.4 is 10.6 Å². The number of nitrogens with zero attached hydrogens (tertiary/aromatic N) is 1. The van der Waals surface area contributed by atoms with Crippen molar-refractivity contribution >= 4 is 35.0 Å². The Morgan fingerprint density at radius 2 is 1.96 bits per heavy atom. The lowest BCUT2D eigenvalue weighted by atomic mass is 9.75. The standard InChI is InChI=1S/C20H24ClN3O4/c1-9(2)15-13-14(18(26)24(17(13)25)5-6-28-4)20(23-15)12-8-11(21)7-10(3)16(12)22-19(20)27/h7-9,13-15,23H,5-6H2,1-4H3,(H,22,27). The lowest BCUT2D eigenvalue weighted by Crippen LogP contribution is -2.54. The molecule has 2 fully saturated rings. The molecule has 1 aromatic rings. The van der Waals surface area contributed by atoms with E-state index in [9.17, 15) is 14.4 Å². The number of carbonyl (C=O) groups excluding carboxylic acids is 3. The largest absolute Gasteiger partial charge is 0.383 e. The zero-order valence-electron chi connectivity index (χ0n) is 16.3. The fourth-order valence-electron chi connectivity index (χ4n) is 5.00. The van der Waals surface area contributed by atoms with Crippen LogP contribution >= 0.6 is 11.6 Å². The normalized spacial score (nSPS) is 31.1. The maximum Gasteiger partial charge on any atom is 0.250 e. The van der Waals surface area contributed by atoms with Gasteiger partial charge in [0.2, 0.25) is 17.7 Å². The number of fused-ring (bicyclic) bond motifs is 4. The first-order chi connectivity index (χ1) is 13.2. The molecule has 0 aromatic heterocycles. The van der Waals surface area contributed by atoms with Gasteiger partial charge in [0.25, 0.3) is 0 Å². The van der Waals surface area contributed by atoms with E-state index < -0.39 is 17.4 Å². The molecule has 2 N–H and O–H groups in total. The molecule has 150 valence electrons. The van der Waals surface area contributed by atoms with Crippen LogP contribution in [-0.4, -0.2) is 48.9 Å². The minimum Gasteiger partial charge on any atom is -0.383 e. The number of hydrogen-bond acceptors (Lipinski definition) is 5. The maximum absolute atomic E-state index is 13.4. The smallest absolute Gasteiger partial charge is 0.250 e. The van der Waals surface area contributed by atoms with Crippen molar-refractivity contribution in [3.63, 3.8) is 0 Å². The van der Waals surface area contributed by atoms with E-state index in [0.717, 1.165) is 5.56 Å². The van der Waals surface area contributed by atoms with Crippen molar-refractivity contribution in [3.05, 3.63) is 28.3 Å². The second-order valence-corrected chi connectivity index (χ2v) is 8.58. The van der Waals surface area contributed by atoms with Gasteiger partial charge in [-0.2, -0.15) is 0 Å². The molecule has 0 radical (unpaired) electrons. The number of carbonyl (C=O) groups is 3. The SMILES string of the molecule is COCCN1C(=O)C2C(C(C)C)NC3(C(=O)Nc4c(C)cc(Cl)cc43)C2C1=O. The van der Waals surface area contributed by atoms with Crippen molar-refractivity contribution in [2.24, 2.45) is 17.8 Å². The number of imide groups is 1. The predicted octanol–water partition coefficient (Wildman–Crippen LogP) is 1.67. The van der Waals surface area contributed by atoms with Crippen molar-refractivity contribution in [1.29, 1.82) is 0 Å². The van der Waals surface area contributed by atoms with Gasteiger partial charge in [-0.1, -0.05) is 25.4 Å². The van der Waals surface area contributed by atoms with E-state index in [2.05, 4.69) is 10.6 Å². The fourth-order valence-corrected chi connectivity index (χ4v) is 5.27. The Morgan fingerprint density at radius 1 is 1.25 bits per heavy atom. The summed E-state index contributed by atoms with van der Waals surface area (Å²) in [6.07, 6.45) is 0. The molecule has 3 aliphatic rings. The Kier molecular flexibility index (Phi) is 4.52. The van der Waals surface area contributed by atoms with Crippen LogP contribution in [0, 0.1) is 24.7 Å². The number of likely N-dealkylation sites (tertiary alicyclic amines) is 1. The summed E-state index contributed by atoms with van der Waals surface area (Å²) < 4.78 is 5.06. The molecule has 28 heavy (non-hydrogen) atoms. The summed E-state index contributed by atoms with van der Waals surface area (Å²) in [5, 5.41) is 6.81. The molecule has 7 nitrogen and oxygen atoms in total. The summed E-state index contributed by atoms with van der Waals surface area (Å²) in [5.41, 5.74) is 0.849. The summed E-state index contributed by atoms with van der Waals surface area (Å²) in [6.45, 7) is 6.28. The summed E-state index contributed by atoms with van der Waals surface area (Å²) in [5.74, 6) is -2.22. The van der Waals surface area contributed by atoms with Gasteiger partial charge in [-0.3, -0.25) is 24.6 Å². The molecule has 4 atom stereocenters. The molecule has 3 aliphatic heterocycles. The minimum atomic E-state index is -1.29. The minimum absolute atomic E-state index is 0.0585. The summed E-state index contributed by atoms with van der Waals surface area (Å²) in [4.78, 5) is 41.0. The highest BCUT2D eigenvalue weighted by atomic mass is 35.5. The number of aryl methyl sites for hydroxylation is 1. The number of methoxy groups -OCH3 is 1. The predicted molar refractivity (Wildman–Crippen MR) is 104 cm³/mol. The van der Waals surface area contributed by atoms with E-state index in [4.69, 9.17) is 16.3 Å². The average Bonchev–Trinajstić information content (AvgIpc) is 3.21. The monoisotopic (exact) mass is 405 g/mol. The zero-order chi connectivity index (χ0) is 20.4. The molecule has 3 heterocycles. The van der Waals surface area contributed by atoms with E-state index in [1.807, 2.05) is 20.8 Å². The Balaban J connectivity index is 1.89. The average molecular weight is 406 g/mol. The van der Waals surface area contributed by atoms with Gasteiger partial charge in [0.15, 0.2) is 0 Å². The highest BCUT2D eigenvalue weighted by molar-refractivity contribution is 6.31. The molecular formula is C20H24ClN3O4. The molecule has 8 heteroatoms. The number of rotatable bonds is 4. The first-order valence-electron chi connectivity index (χ1n) is 9.48. The van der Waals surface area contributed by atoms with Crippen molar-refractivity contribution in [2.75, 3.05) is 25.6 Å². The van der Waals surface area contributed by atoms with Crippen LogP contribution in [0.15, 0.2) is 12.1 Å². The maximum atomic E-state index is 13.4. The summed E-state index contributed by atoms with van der Waals surface area (Å²) in [6, 6.07) is 3.20. The molecule has 4 unspecified atom stereocenters. The molecule has 0 aliphatic carbocycles. The van der Waals surface area contributed by atoms with Crippen molar-refractivity contribution in [3.8, 4) is 0 Å². The van der Waals surface area contributed by atoms with E-state index in [1.54, 1.807) is 12.1 Å². The highest BCUT2D eigenvalue weighted by Crippen LogP contribution is 2.54. The molecule has 0 saturated carbocycles. The van der Waals surface area contributed by atoms with Crippen LogP contribution in [0.3, 0.4) is 0 Å². The fraction of sp³-hybridized carbons (Fsp3) is 0.550.